The maximum absolute atomic E-state index is 12.6. The van der Waals surface area contributed by atoms with Gasteiger partial charge < -0.3 is 15.1 Å². The standard InChI is InChI=1S/C19H22N2O5S2/c1-3-16-19(23)21-15-10-14(6-7-17(15)27-16)28(24,25)9-8-18(22)20-11-13-5-4-12(2)26-13/h4-7,10,16H,3,8-9,11H2,1-2H3,(H,20,22)(H,21,23)/t16-/m1/s1. The molecule has 0 saturated heterocycles. The van der Waals surface area contributed by atoms with Crippen LogP contribution in [0.2, 0.25) is 0 Å². The highest BCUT2D eigenvalue weighted by molar-refractivity contribution is 8.01. The van der Waals surface area contributed by atoms with Crippen molar-refractivity contribution < 1.29 is 22.4 Å². The summed E-state index contributed by atoms with van der Waals surface area (Å²) in [6, 6.07) is 8.24. The van der Waals surface area contributed by atoms with Crippen molar-refractivity contribution in [1.82, 2.24) is 5.32 Å². The Morgan fingerprint density at radius 3 is 2.75 bits per heavy atom. The van der Waals surface area contributed by atoms with E-state index in [1.807, 2.05) is 6.92 Å². The molecular weight excluding hydrogens is 400 g/mol. The lowest BCUT2D eigenvalue weighted by molar-refractivity contribution is -0.121. The van der Waals surface area contributed by atoms with Gasteiger partial charge >= 0.3 is 0 Å². The number of rotatable bonds is 7. The number of hydrogen-bond donors (Lipinski definition) is 2. The number of aryl methyl sites for hydroxylation is 1. The Balaban J connectivity index is 1.61. The monoisotopic (exact) mass is 422 g/mol. The number of benzene rings is 1. The fourth-order valence-corrected chi connectivity index (χ4v) is 5.08. The number of sulfone groups is 1. The molecule has 1 aliphatic heterocycles. The van der Waals surface area contributed by atoms with Crippen molar-refractivity contribution in [2.75, 3.05) is 11.1 Å². The molecule has 0 spiro atoms. The minimum Gasteiger partial charge on any atom is -0.465 e. The number of fused-ring (bicyclic) bond motifs is 1. The molecular formula is C19H22N2O5S2. The van der Waals surface area contributed by atoms with Crippen molar-refractivity contribution in [3.8, 4) is 0 Å². The Morgan fingerprint density at radius 2 is 2.07 bits per heavy atom. The molecule has 0 fully saturated rings. The molecule has 150 valence electrons. The van der Waals surface area contributed by atoms with Gasteiger partial charge in [-0.2, -0.15) is 0 Å². The fraction of sp³-hybridized carbons (Fsp3) is 0.368. The van der Waals surface area contributed by atoms with E-state index in [0.29, 0.717) is 17.9 Å². The molecule has 9 heteroatoms. The van der Waals surface area contributed by atoms with E-state index in [1.165, 1.54) is 23.9 Å². The molecule has 2 heterocycles. The van der Waals surface area contributed by atoms with Crippen molar-refractivity contribution in [3.63, 3.8) is 0 Å². The average molecular weight is 423 g/mol. The lowest BCUT2D eigenvalue weighted by atomic mass is 10.2. The predicted molar refractivity (Wildman–Crippen MR) is 107 cm³/mol. The largest absolute Gasteiger partial charge is 0.465 e. The van der Waals surface area contributed by atoms with Crippen LogP contribution in [-0.2, 0) is 26.0 Å². The van der Waals surface area contributed by atoms with Crippen LogP contribution in [0.5, 0.6) is 0 Å². The molecule has 7 nitrogen and oxygen atoms in total. The molecule has 2 aromatic rings. The van der Waals surface area contributed by atoms with E-state index in [4.69, 9.17) is 4.42 Å². The summed E-state index contributed by atoms with van der Waals surface area (Å²) in [7, 11) is -3.65. The number of carbonyl (C=O) groups excluding carboxylic acids is 2. The van der Waals surface area contributed by atoms with Gasteiger partial charge in [0.25, 0.3) is 0 Å². The quantitative estimate of drug-likeness (QED) is 0.711. The number of thioether (sulfide) groups is 1. The highest BCUT2D eigenvalue weighted by atomic mass is 32.2. The van der Waals surface area contributed by atoms with Gasteiger partial charge in [-0.05, 0) is 43.7 Å². The van der Waals surface area contributed by atoms with Crippen LogP contribution in [-0.4, -0.2) is 31.2 Å². The first-order chi connectivity index (χ1) is 13.3. The van der Waals surface area contributed by atoms with E-state index >= 15 is 0 Å². The Labute approximate surface area is 168 Å². The highest BCUT2D eigenvalue weighted by Gasteiger charge is 2.27. The molecule has 0 radical (unpaired) electrons. The second-order valence-corrected chi connectivity index (χ2v) is 9.87. The van der Waals surface area contributed by atoms with Gasteiger partial charge in [-0.3, -0.25) is 9.59 Å². The lowest BCUT2D eigenvalue weighted by Crippen LogP contribution is -2.28. The maximum Gasteiger partial charge on any atom is 0.237 e. The van der Waals surface area contributed by atoms with E-state index in [1.54, 1.807) is 25.1 Å². The van der Waals surface area contributed by atoms with E-state index in [2.05, 4.69) is 10.6 Å². The van der Waals surface area contributed by atoms with Gasteiger partial charge in [0.05, 0.1) is 28.1 Å². The van der Waals surface area contributed by atoms with Crippen LogP contribution in [0, 0.1) is 6.92 Å². The first kappa shape index (κ1) is 20.5. The van der Waals surface area contributed by atoms with Crippen molar-refractivity contribution >= 4 is 39.1 Å². The normalized spacial score (nSPS) is 16.4. The summed E-state index contributed by atoms with van der Waals surface area (Å²) in [4.78, 5) is 24.9. The van der Waals surface area contributed by atoms with Crippen molar-refractivity contribution in [2.45, 2.75) is 48.3 Å². The molecule has 0 bridgehead atoms. The van der Waals surface area contributed by atoms with Crippen LogP contribution in [0.1, 0.15) is 31.3 Å². The number of anilines is 1. The number of carbonyl (C=O) groups is 2. The number of furan rings is 1. The molecule has 0 unspecified atom stereocenters. The van der Waals surface area contributed by atoms with Gasteiger partial charge in [-0.15, -0.1) is 11.8 Å². The van der Waals surface area contributed by atoms with E-state index in [-0.39, 0.29) is 40.7 Å². The topological polar surface area (TPSA) is 105 Å². The minimum absolute atomic E-state index is 0.0940. The van der Waals surface area contributed by atoms with Crippen LogP contribution in [0.4, 0.5) is 5.69 Å². The van der Waals surface area contributed by atoms with Gasteiger partial charge in [0.2, 0.25) is 11.8 Å². The second kappa shape index (κ2) is 8.40. The summed E-state index contributed by atoms with van der Waals surface area (Å²) < 4.78 is 30.5. The number of nitrogens with one attached hydrogen (secondary N) is 2. The molecule has 2 N–H and O–H groups in total. The van der Waals surface area contributed by atoms with Gasteiger partial charge in [-0.25, -0.2) is 8.42 Å². The Kier molecular flexibility index (Phi) is 6.14. The third-order valence-electron chi connectivity index (χ3n) is 4.35. The first-order valence-electron chi connectivity index (χ1n) is 8.95. The summed E-state index contributed by atoms with van der Waals surface area (Å²) >= 11 is 1.43. The van der Waals surface area contributed by atoms with E-state index in [9.17, 15) is 18.0 Å². The SMILES string of the molecule is CC[C@H]1Sc2ccc(S(=O)(=O)CCC(=O)NCc3ccc(C)o3)cc2NC1=O. The number of amides is 2. The van der Waals surface area contributed by atoms with Crippen molar-refractivity contribution in [3.05, 3.63) is 41.9 Å². The first-order valence-corrected chi connectivity index (χ1v) is 11.5. The highest BCUT2D eigenvalue weighted by Crippen LogP contribution is 2.38. The van der Waals surface area contributed by atoms with Crippen molar-refractivity contribution in [2.24, 2.45) is 0 Å². The molecule has 1 aliphatic rings. The Morgan fingerprint density at radius 1 is 1.29 bits per heavy atom. The third kappa shape index (κ3) is 4.77. The molecule has 1 aromatic carbocycles. The molecule has 0 saturated carbocycles. The van der Waals surface area contributed by atoms with Crippen LogP contribution in [0.25, 0.3) is 0 Å². The molecule has 1 atom stereocenters. The van der Waals surface area contributed by atoms with E-state index < -0.39 is 9.84 Å². The zero-order valence-electron chi connectivity index (χ0n) is 15.7. The van der Waals surface area contributed by atoms with Crippen LogP contribution >= 0.6 is 11.8 Å². The third-order valence-corrected chi connectivity index (χ3v) is 7.51. The average Bonchev–Trinajstić information content (AvgIpc) is 3.09. The predicted octanol–water partition coefficient (Wildman–Crippen LogP) is 2.89. The lowest BCUT2D eigenvalue weighted by Gasteiger charge is -2.23. The van der Waals surface area contributed by atoms with Crippen LogP contribution < -0.4 is 10.6 Å². The van der Waals surface area contributed by atoms with Crippen molar-refractivity contribution in [1.29, 1.82) is 0 Å². The Hall–Kier alpha value is -2.26. The van der Waals surface area contributed by atoms with Crippen LogP contribution in [0.3, 0.4) is 0 Å². The van der Waals surface area contributed by atoms with Gasteiger partial charge in [0.1, 0.15) is 11.5 Å². The summed E-state index contributed by atoms with van der Waals surface area (Å²) in [5.74, 6) is 0.553. The zero-order valence-corrected chi connectivity index (χ0v) is 17.3. The summed E-state index contributed by atoms with van der Waals surface area (Å²) in [5.41, 5.74) is 0.499. The molecule has 2 amide bonds. The smallest absolute Gasteiger partial charge is 0.237 e. The summed E-state index contributed by atoms with van der Waals surface area (Å²) in [6.07, 6.45) is 0.542. The zero-order chi connectivity index (χ0) is 20.3. The fourth-order valence-electron chi connectivity index (χ4n) is 2.79. The molecule has 28 heavy (non-hydrogen) atoms. The summed E-state index contributed by atoms with van der Waals surface area (Å²) in [5, 5.41) is 5.24. The maximum atomic E-state index is 12.6. The van der Waals surface area contributed by atoms with E-state index in [0.717, 1.165) is 10.7 Å². The second-order valence-electron chi connectivity index (χ2n) is 6.52. The van der Waals surface area contributed by atoms with Crippen LogP contribution in [0.15, 0.2) is 44.5 Å². The minimum atomic E-state index is -3.65. The van der Waals surface area contributed by atoms with Gasteiger partial charge in [-0.1, -0.05) is 6.92 Å². The van der Waals surface area contributed by atoms with Gasteiger partial charge in [0, 0.05) is 11.3 Å². The Bertz CT molecular complexity index is 998. The number of hydrogen-bond acceptors (Lipinski definition) is 6. The molecule has 3 rings (SSSR count). The van der Waals surface area contributed by atoms with Gasteiger partial charge in [0.15, 0.2) is 9.84 Å². The molecule has 0 aliphatic carbocycles. The molecule has 1 aromatic heterocycles. The summed E-state index contributed by atoms with van der Waals surface area (Å²) in [6.45, 7) is 3.95.